The number of methoxy groups -OCH3 is 1. The predicted octanol–water partition coefficient (Wildman–Crippen LogP) is 3.68. The van der Waals surface area contributed by atoms with Gasteiger partial charge < -0.3 is 20.1 Å². The Hall–Kier alpha value is -3.36. The largest absolute Gasteiger partial charge is 0.497 e. The lowest BCUT2D eigenvalue weighted by Crippen LogP contribution is -2.53. The van der Waals surface area contributed by atoms with Gasteiger partial charge in [-0.2, -0.15) is 5.10 Å². The van der Waals surface area contributed by atoms with Crippen molar-refractivity contribution in [3.05, 3.63) is 72.6 Å². The number of benzene rings is 2. The summed E-state index contributed by atoms with van der Waals surface area (Å²) in [6.45, 7) is 5.25. The maximum atomic E-state index is 12.8. The van der Waals surface area contributed by atoms with Crippen LogP contribution in [0.3, 0.4) is 0 Å². The summed E-state index contributed by atoms with van der Waals surface area (Å²) in [5, 5.41) is 10.3. The maximum Gasteiger partial charge on any atom is 0.319 e. The first kappa shape index (κ1) is 22.8. The van der Waals surface area contributed by atoms with Crippen molar-refractivity contribution in [2.75, 3.05) is 32.1 Å². The highest BCUT2D eigenvalue weighted by Gasteiger charge is 2.28. The van der Waals surface area contributed by atoms with Crippen LogP contribution in [0.5, 0.6) is 5.75 Å². The van der Waals surface area contributed by atoms with Crippen molar-refractivity contribution in [2.45, 2.75) is 32.0 Å². The van der Waals surface area contributed by atoms with Crippen LogP contribution in [-0.2, 0) is 11.3 Å². The Labute approximate surface area is 194 Å². The van der Waals surface area contributed by atoms with E-state index in [1.807, 2.05) is 30.5 Å². The van der Waals surface area contributed by atoms with E-state index < -0.39 is 0 Å². The van der Waals surface area contributed by atoms with Gasteiger partial charge in [0.25, 0.3) is 0 Å². The molecular formula is C25H31N5O3. The monoisotopic (exact) mass is 449 g/mol. The highest BCUT2D eigenvalue weighted by molar-refractivity contribution is 5.90. The molecule has 1 aliphatic rings. The molecule has 0 spiro atoms. The van der Waals surface area contributed by atoms with Crippen LogP contribution in [0.2, 0.25) is 0 Å². The zero-order valence-corrected chi connectivity index (χ0v) is 19.1. The molecule has 0 radical (unpaired) electrons. The Morgan fingerprint density at radius 1 is 1.24 bits per heavy atom. The molecule has 2 amide bonds. The minimum Gasteiger partial charge on any atom is -0.497 e. The van der Waals surface area contributed by atoms with E-state index in [2.05, 4.69) is 51.8 Å². The summed E-state index contributed by atoms with van der Waals surface area (Å²) in [5.41, 5.74) is 2.71. The van der Waals surface area contributed by atoms with Crippen molar-refractivity contribution in [3.8, 4) is 11.4 Å². The molecule has 3 aromatic rings. The van der Waals surface area contributed by atoms with E-state index in [1.54, 1.807) is 24.1 Å². The van der Waals surface area contributed by atoms with Crippen LogP contribution in [0.25, 0.3) is 5.69 Å². The van der Waals surface area contributed by atoms with Crippen molar-refractivity contribution < 1.29 is 14.3 Å². The molecule has 1 aromatic heterocycles. The second-order valence-electron chi connectivity index (χ2n) is 8.11. The Bertz CT molecular complexity index is 1030. The zero-order chi connectivity index (χ0) is 23.0. The average Bonchev–Trinajstić information content (AvgIpc) is 3.38. The van der Waals surface area contributed by atoms with E-state index in [0.717, 1.165) is 31.7 Å². The molecule has 4 rings (SSSR count). The van der Waals surface area contributed by atoms with Gasteiger partial charge >= 0.3 is 6.03 Å². The SMILES string of the molecule is CCC(NC(=O)Nc1cc(OC)cc(-n2cccn2)c1)C1CN(Cc2ccccc2)CCO1. The number of rotatable bonds is 8. The van der Waals surface area contributed by atoms with Gasteiger partial charge in [0, 0.05) is 49.8 Å². The number of urea groups is 1. The van der Waals surface area contributed by atoms with E-state index in [9.17, 15) is 4.79 Å². The van der Waals surface area contributed by atoms with E-state index in [1.165, 1.54) is 5.56 Å². The molecule has 2 atom stereocenters. The summed E-state index contributed by atoms with van der Waals surface area (Å²) < 4.78 is 13.2. The number of nitrogens with zero attached hydrogens (tertiary/aromatic N) is 3. The normalized spacial score (nSPS) is 17.3. The third-order valence-corrected chi connectivity index (χ3v) is 5.79. The van der Waals surface area contributed by atoms with Gasteiger partial charge in [0.05, 0.1) is 31.5 Å². The molecule has 2 aromatic carbocycles. The number of aromatic nitrogens is 2. The lowest BCUT2D eigenvalue weighted by molar-refractivity contribution is -0.0474. The Balaban J connectivity index is 1.38. The average molecular weight is 450 g/mol. The number of morpholine rings is 1. The molecular weight excluding hydrogens is 418 g/mol. The fourth-order valence-corrected chi connectivity index (χ4v) is 4.08. The molecule has 2 unspecified atom stereocenters. The van der Waals surface area contributed by atoms with Crippen LogP contribution < -0.4 is 15.4 Å². The van der Waals surface area contributed by atoms with Crippen LogP contribution in [0.4, 0.5) is 10.5 Å². The molecule has 1 fully saturated rings. The van der Waals surface area contributed by atoms with Gasteiger partial charge in [-0.05, 0) is 24.1 Å². The lowest BCUT2D eigenvalue weighted by Gasteiger charge is -2.37. The number of amides is 2. The van der Waals surface area contributed by atoms with Crippen LogP contribution in [0, 0.1) is 0 Å². The standard InChI is InChI=1S/C25H31N5O3/c1-3-23(24-18-29(12-13-33-24)17-19-8-5-4-6-9-19)28-25(31)27-20-14-21(16-22(15-20)32-2)30-11-7-10-26-30/h4-11,14-16,23-24H,3,12-13,17-18H2,1-2H3,(H2,27,28,31). The van der Waals surface area contributed by atoms with Gasteiger partial charge in [-0.15, -0.1) is 0 Å². The number of hydrogen-bond donors (Lipinski definition) is 2. The lowest BCUT2D eigenvalue weighted by atomic mass is 10.1. The highest BCUT2D eigenvalue weighted by Crippen LogP contribution is 2.23. The van der Waals surface area contributed by atoms with Crippen molar-refractivity contribution in [3.63, 3.8) is 0 Å². The van der Waals surface area contributed by atoms with E-state index in [4.69, 9.17) is 9.47 Å². The molecule has 0 bridgehead atoms. The summed E-state index contributed by atoms with van der Waals surface area (Å²) in [4.78, 5) is 15.2. The fraction of sp³-hybridized carbons (Fsp3) is 0.360. The number of hydrogen-bond acceptors (Lipinski definition) is 5. The van der Waals surface area contributed by atoms with E-state index in [0.29, 0.717) is 18.0 Å². The summed E-state index contributed by atoms with van der Waals surface area (Å²) in [5.74, 6) is 0.637. The number of ether oxygens (including phenoxy) is 2. The Morgan fingerprint density at radius 3 is 2.82 bits per heavy atom. The van der Waals surface area contributed by atoms with Crippen LogP contribution in [-0.4, -0.2) is 59.7 Å². The van der Waals surface area contributed by atoms with Crippen molar-refractivity contribution >= 4 is 11.7 Å². The van der Waals surface area contributed by atoms with Gasteiger partial charge in [0.15, 0.2) is 0 Å². The molecule has 8 heteroatoms. The molecule has 8 nitrogen and oxygen atoms in total. The first-order valence-corrected chi connectivity index (χ1v) is 11.3. The smallest absolute Gasteiger partial charge is 0.319 e. The molecule has 174 valence electrons. The molecule has 1 aliphatic heterocycles. The predicted molar refractivity (Wildman–Crippen MR) is 128 cm³/mol. The molecule has 0 saturated carbocycles. The Morgan fingerprint density at radius 2 is 2.09 bits per heavy atom. The summed E-state index contributed by atoms with van der Waals surface area (Å²) in [6.07, 6.45) is 4.25. The minimum absolute atomic E-state index is 0.0665. The van der Waals surface area contributed by atoms with Crippen LogP contribution in [0.15, 0.2) is 67.0 Å². The highest BCUT2D eigenvalue weighted by atomic mass is 16.5. The molecule has 2 N–H and O–H groups in total. The first-order chi connectivity index (χ1) is 16.1. The Kier molecular flexibility index (Phi) is 7.59. The third-order valence-electron chi connectivity index (χ3n) is 5.79. The van der Waals surface area contributed by atoms with Crippen LogP contribution >= 0.6 is 0 Å². The fourth-order valence-electron chi connectivity index (χ4n) is 4.08. The van der Waals surface area contributed by atoms with Crippen molar-refractivity contribution in [1.82, 2.24) is 20.0 Å². The van der Waals surface area contributed by atoms with Crippen molar-refractivity contribution in [1.29, 1.82) is 0 Å². The van der Waals surface area contributed by atoms with Gasteiger partial charge in [-0.25, -0.2) is 9.48 Å². The first-order valence-electron chi connectivity index (χ1n) is 11.3. The number of carbonyl (C=O) groups is 1. The quantitative estimate of drug-likeness (QED) is 0.548. The van der Waals surface area contributed by atoms with Gasteiger partial charge in [0.2, 0.25) is 0 Å². The number of carbonyl (C=O) groups excluding carboxylic acids is 1. The van der Waals surface area contributed by atoms with E-state index >= 15 is 0 Å². The van der Waals surface area contributed by atoms with Gasteiger partial charge in [0.1, 0.15) is 5.75 Å². The zero-order valence-electron chi connectivity index (χ0n) is 19.1. The second-order valence-corrected chi connectivity index (χ2v) is 8.11. The van der Waals surface area contributed by atoms with Gasteiger partial charge in [-0.1, -0.05) is 37.3 Å². The summed E-state index contributed by atoms with van der Waals surface area (Å²) >= 11 is 0. The molecule has 0 aliphatic carbocycles. The van der Waals surface area contributed by atoms with Crippen LogP contribution in [0.1, 0.15) is 18.9 Å². The maximum absolute atomic E-state index is 12.8. The minimum atomic E-state index is -0.273. The van der Waals surface area contributed by atoms with Gasteiger partial charge in [-0.3, -0.25) is 4.90 Å². The number of nitrogens with one attached hydrogen (secondary N) is 2. The topological polar surface area (TPSA) is 80.7 Å². The number of anilines is 1. The summed E-state index contributed by atoms with van der Waals surface area (Å²) in [6, 6.07) is 17.4. The van der Waals surface area contributed by atoms with Crippen molar-refractivity contribution in [2.24, 2.45) is 0 Å². The second kappa shape index (κ2) is 11.0. The van der Waals surface area contributed by atoms with E-state index in [-0.39, 0.29) is 18.2 Å². The molecule has 1 saturated heterocycles. The molecule has 33 heavy (non-hydrogen) atoms. The summed E-state index contributed by atoms with van der Waals surface area (Å²) in [7, 11) is 1.60. The molecule has 2 heterocycles. The third kappa shape index (κ3) is 6.12.